The maximum Gasteiger partial charge on any atom is 0.264 e. The van der Waals surface area contributed by atoms with Crippen molar-refractivity contribution in [2.45, 2.75) is 18.7 Å². The predicted molar refractivity (Wildman–Crippen MR) is 106 cm³/mol. The molecule has 3 rings (SSSR count). The smallest absolute Gasteiger partial charge is 0.264 e. The third-order valence-electron chi connectivity index (χ3n) is 4.11. The van der Waals surface area contributed by atoms with Crippen molar-refractivity contribution in [3.8, 4) is 22.4 Å². The minimum atomic E-state index is -4.06. The lowest BCUT2D eigenvalue weighted by Gasteiger charge is -2.08. The van der Waals surface area contributed by atoms with Crippen molar-refractivity contribution >= 4 is 21.8 Å². The number of carbonyl (C=O) groups is 2. The van der Waals surface area contributed by atoms with Crippen LogP contribution in [0.4, 0.5) is 0 Å². The van der Waals surface area contributed by atoms with E-state index in [4.69, 9.17) is 4.52 Å². The fraction of sp³-hybridized carbons (Fsp3) is 0.150. The molecule has 29 heavy (non-hydrogen) atoms. The van der Waals surface area contributed by atoms with E-state index in [1.54, 1.807) is 19.1 Å². The van der Waals surface area contributed by atoms with E-state index < -0.39 is 28.4 Å². The highest BCUT2D eigenvalue weighted by Gasteiger charge is 2.20. The first-order valence-electron chi connectivity index (χ1n) is 8.70. The standard InChI is InChI=1S/C20H19N3O5S/c1-13-19(20(22-28-13)16-6-4-3-5-7-16)15-8-10-17(11-9-15)29(26,27)23-18(25)12-21-14(2)24/h3-11H,12H2,1-2H3,(H,21,24)(H,23,25). The lowest BCUT2D eigenvalue weighted by Crippen LogP contribution is -2.39. The summed E-state index contributed by atoms with van der Waals surface area (Å²) >= 11 is 0. The zero-order valence-corrected chi connectivity index (χ0v) is 16.6. The van der Waals surface area contributed by atoms with E-state index in [0.717, 1.165) is 16.7 Å². The Hall–Kier alpha value is -3.46. The van der Waals surface area contributed by atoms with Crippen molar-refractivity contribution in [1.29, 1.82) is 0 Å². The highest BCUT2D eigenvalue weighted by molar-refractivity contribution is 7.90. The van der Waals surface area contributed by atoms with Crippen LogP contribution >= 0.6 is 0 Å². The molecule has 0 fully saturated rings. The molecule has 3 aromatic rings. The third-order valence-corrected chi connectivity index (χ3v) is 5.50. The van der Waals surface area contributed by atoms with Gasteiger partial charge in [-0.2, -0.15) is 0 Å². The van der Waals surface area contributed by atoms with Crippen molar-refractivity contribution < 1.29 is 22.5 Å². The van der Waals surface area contributed by atoms with Gasteiger partial charge in [0.2, 0.25) is 5.91 Å². The molecule has 150 valence electrons. The van der Waals surface area contributed by atoms with Crippen molar-refractivity contribution in [2.75, 3.05) is 6.54 Å². The molecule has 0 saturated carbocycles. The Morgan fingerprint density at radius 1 is 1.00 bits per heavy atom. The molecule has 0 aliphatic carbocycles. The molecule has 2 N–H and O–H groups in total. The normalized spacial score (nSPS) is 11.1. The topological polar surface area (TPSA) is 118 Å². The molecule has 0 bridgehead atoms. The minimum absolute atomic E-state index is 0.0761. The summed E-state index contributed by atoms with van der Waals surface area (Å²) in [6.07, 6.45) is 0. The van der Waals surface area contributed by atoms with Gasteiger partial charge in [0.1, 0.15) is 11.5 Å². The molecule has 9 heteroatoms. The van der Waals surface area contributed by atoms with Gasteiger partial charge in [-0.25, -0.2) is 13.1 Å². The summed E-state index contributed by atoms with van der Waals surface area (Å²) < 4.78 is 32.0. The van der Waals surface area contributed by atoms with E-state index in [2.05, 4.69) is 10.5 Å². The van der Waals surface area contributed by atoms with E-state index in [1.165, 1.54) is 19.1 Å². The molecule has 0 aliphatic rings. The molecular weight excluding hydrogens is 394 g/mol. The number of nitrogens with one attached hydrogen (secondary N) is 2. The second-order valence-corrected chi connectivity index (χ2v) is 7.97. The molecule has 0 unspecified atom stereocenters. The Kier molecular flexibility index (Phi) is 5.79. The number of rotatable bonds is 6. The number of hydrogen-bond acceptors (Lipinski definition) is 6. The molecule has 0 aliphatic heterocycles. The van der Waals surface area contributed by atoms with Crippen molar-refractivity contribution in [1.82, 2.24) is 15.2 Å². The van der Waals surface area contributed by atoms with Crippen LogP contribution in [0.2, 0.25) is 0 Å². The fourth-order valence-electron chi connectivity index (χ4n) is 2.76. The quantitative estimate of drug-likeness (QED) is 0.640. The predicted octanol–water partition coefficient (Wildman–Crippen LogP) is 2.26. The van der Waals surface area contributed by atoms with Gasteiger partial charge in [0.05, 0.1) is 17.0 Å². The van der Waals surface area contributed by atoms with Crippen LogP contribution < -0.4 is 10.0 Å². The van der Waals surface area contributed by atoms with Gasteiger partial charge in [-0.1, -0.05) is 47.6 Å². The number of hydrogen-bond donors (Lipinski definition) is 2. The van der Waals surface area contributed by atoms with E-state index in [1.807, 2.05) is 35.1 Å². The Morgan fingerprint density at radius 3 is 2.28 bits per heavy atom. The van der Waals surface area contributed by atoms with Gasteiger partial charge in [-0.15, -0.1) is 0 Å². The number of aromatic nitrogens is 1. The lowest BCUT2D eigenvalue weighted by atomic mass is 10.00. The van der Waals surface area contributed by atoms with Crippen molar-refractivity contribution in [3.05, 3.63) is 60.4 Å². The average Bonchev–Trinajstić information content (AvgIpc) is 3.08. The van der Waals surface area contributed by atoms with Crippen LogP contribution in [0.5, 0.6) is 0 Å². The number of nitrogens with zero attached hydrogens (tertiary/aromatic N) is 1. The summed E-state index contributed by atoms with van der Waals surface area (Å²) in [6.45, 7) is 2.59. The molecule has 0 radical (unpaired) electrons. The van der Waals surface area contributed by atoms with Gasteiger partial charge >= 0.3 is 0 Å². The Bertz CT molecular complexity index is 1140. The highest BCUT2D eigenvalue weighted by Crippen LogP contribution is 2.34. The van der Waals surface area contributed by atoms with Crippen LogP contribution in [0.25, 0.3) is 22.4 Å². The van der Waals surface area contributed by atoms with E-state index in [-0.39, 0.29) is 4.90 Å². The summed E-state index contributed by atoms with van der Waals surface area (Å²) in [4.78, 5) is 22.5. The van der Waals surface area contributed by atoms with Gasteiger partial charge in [0, 0.05) is 12.5 Å². The maximum absolute atomic E-state index is 12.4. The number of sulfonamides is 1. The van der Waals surface area contributed by atoms with Crippen LogP contribution in [-0.4, -0.2) is 31.9 Å². The fourth-order valence-corrected chi connectivity index (χ4v) is 3.74. The Balaban J connectivity index is 1.85. The first-order valence-corrected chi connectivity index (χ1v) is 10.2. The third kappa shape index (κ3) is 4.69. The number of benzene rings is 2. The summed E-state index contributed by atoms with van der Waals surface area (Å²) in [5.41, 5.74) is 3.02. The molecule has 0 spiro atoms. The van der Waals surface area contributed by atoms with Crippen LogP contribution in [0.15, 0.2) is 64.0 Å². The molecule has 0 saturated heterocycles. The number of aryl methyl sites for hydroxylation is 1. The molecule has 8 nitrogen and oxygen atoms in total. The minimum Gasteiger partial charge on any atom is -0.360 e. The summed E-state index contributed by atoms with van der Waals surface area (Å²) in [6, 6.07) is 15.5. The lowest BCUT2D eigenvalue weighted by molar-refractivity contribution is -0.124. The molecular formula is C20H19N3O5S. The molecule has 0 atom stereocenters. The largest absolute Gasteiger partial charge is 0.360 e. The summed E-state index contributed by atoms with van der Waals surface area (Å²) in [5, 5.41) is 6.37. The summed E-state index contributed by atoms with van der Waals surface area (Å²) in [7, 11) is -4.06. The van der Waals surface area contributed by atoms with Crippen LogP contribution in [-0.2, 0) is 19.6 Å². The molecule has 1 aromatic heterocycles. The van der Waals surface area contributed by atoms with Crippen LogP contribution in [0.3, 0.4) is 0 Å². The number of carbonyl (C=O) groups excluding carboxylic acids is 2. The van der Waals surface area contributed by atoms with Crippen molar-refractivity contribution in [3.63, 3.8) is 0 Å². The zero-order valence-electron chi connectivity index (χ0n) is 15.8. The van der Waals surface area contributed by atoms with Gasteiger partial charge < -0.3 is 9.84 Å². The average molecular weight is 413 g/mol. The number of amides is 2. The summed E-state index contributed by atoms with van der Waals surface area (Å²) in [5.74, 6) is -0.659. The van der Waals surface area contributed by atoms with E-state index >= 15 is 0 Å². The monoisotopic (exact) mass is 413 g/mol. The van der Waals surface area contributed by atoms with Gasteiger partial charge in [-0.3, -0.25) is 9.59 Å². The first kappa shape index (κ1) is 20.3. The first-order chi connectivity index (χ1) is 13.8. The van der Waals surface area contributed by atoms with Crippen LogP contribution in [0.1, 0.15) is 12.7 Å². The Morgan fingerprint density at radius 2 is 1.66 bits per heavy atom. The van der Waals surface area contributed by atoms with Crippen LogP contribution in [0, 0.1) is 6.92 Å². The molecule has 2 amide bonds. The molecule has 2 aromatic carbocycles. The SMILES string of the molecule is CC(=O)NCC(=O)NS(=O)(=O)c1ccc(-c2c(-c3ccccc3)noc2C)cc1. The van der Waals surface area contributed by atoms with E-state index in [0.29, 0.717) is 11.5 Å². The van der Waals surface area contributed by atoms with Gasteiger partial charge in [-0.05, 0) is 24.6 Å². The molecule has 1 heterocycles. The second kappa shape index (κ2) is 8.27. The van der Waals surface area contributed by atoms with Gasteiger partial charge in [0.15, 0.2) is 0 Å². The zero-order chi connectivity index (χ0) is 21.0. The second-order valence-electron chi connectivity index (χ2n) is 6.29. The van der Waals surface area contributed by atoms with Crippen molar-refractivity contribution in [2.24, 2.45) is 0 Å². The highest BCUT2D eigenvalue weighted by atomic mass is 32.2. The Labute approximate surface area is 168 Å². The van der Waals surface area contributed by atoms with E-state index in [9.17, 15) is 18.0 Å². The van der Waals surface area contributed by atoms with Gasteiger partial charge in [0.25, 0.3) is 15.9 Å². The maximum atomic E-state index is 12.4.